The molecule has 0 bridgehead atoms. The van der Waals surface area contributed by atoms with Gasteiger partial charge in [-0.3, -0.25) is 9.78 Å². The van der Waals surface area contributed by atoms with E-state index < -0.39 is 5.82 Å². The van der Waals surface area contributed by atoms with Crippen molar-refractivity contribution in [3.05, 3.63) is 35.1 Å². The van der Waals surface area contributed by atoms with Crippen LogP contribution in [0.25, 0.3) is 11.3 Å². The van der Waals surface area contributed by atoms with E-state index in [4.69, 9.17) is 16.3 Å². The Balaban J connectivity index is 1.49. The van der Waals surface area contributed by atoms with Crippen molar-refractivity contribution >= 4 is 23.2 Å². The first-order valence-corrected chi connectivity index (χ1v) is 11.2. The lowest BCUT2D eigenvalue weighted by atomic mass is 9.92. The Morgan fingerprint density at radius 2 is 2.10 bits per heavy atom. The van der Waals surface area contributed by atoms with E-state index in [2.05, 4.69) is 25.6 Å². The molecule has 0 aliphatic carbocycles. The molecule has 0 aromatic carbocycles. The maximum absolute atomic E-state index is 14.6. The lowest BCUT2D eigenvalue weighted by molar-refractivity contribution is -0.122. The average Bonchev–Trinajstić information content (AvgIpc) is 2.81. The molecule has 7 nitrogen and oxygen atoms in total. The minimum absolute atomic E-state index is 0.0230. The summed E-state index contributed by atoms with van der Waals surface area (Å²) in [6, 6.07) is 1.56. The second-order valence-corrected chi connectivity index (χ2v) is 8.53. The molecule has 4 heterocycles. The maximum Gasteiger partial charge on any atom is 0.155 e. The summed E-state index contributed by atoms with van der Waals surface area (Å²) in [5.74, 6) is 0.576. The Morgan fingerprint density at radius 1 is 1.26 bits per heavy atom. The fourth-order valence-corrected chi connectivity index (χ4v) is 4.23. The van der Waals surface area contributed by atoms with Crippen molar-refractivity contribution in [3.8, 4) is 11.3 Å². The predicted molar refractivity (Wildman–Crippen MR) is 117 cm³/mol. The minimum Gasteiger partial charge on any atom is -0.381 e. The van der Waals surface area contributed by atoms with Gasteiger partial charge in [0, 0.05) is 49.9 Å². The zero-order valence-electron chi connectivity index (χ0n) is 17.4. The molecule has 2 aromatic heterocycles. The number of nitrogens with one attached hydrogen (secondary N) is 2. The lowest BCUT2D eigenvalue weighted by Gasteiger charge is -2.22. The molecule has 166 valence electrons. The van der Waals surface area contributed by atoms with E-state index in [1.807, 2.05) is 0 Å². The second kappa shape index (κ2) is 10.4. The molecule has 31 heavy (non-hydrogen) atoms. The molecule has 0 amide bonds. The van der Waals surface area contributed by atoms with Crippen LogP contribution < -0.4 is 10.6 Å². The SMILES string of the molecule is O=C(Cc1cc(-c2nc(NCC3CCOCC3)cnc2Cl)c(F)cn1)[C@@H]1CCCNC1. The molecule has 2 N–H and O–H groups in total. The zero-order chi connectivity index (χ0) is 21.6. The molecule has 0 saturated carbocycles. The van der Waals surface area contributed by atoms with E-state index in [9.17, 15) is 9.18 Å². The summed E-state index contributed by atoms with van der Waals surface area (Å²) in [5.41, 5.74) is 0.948. The fourth-order valence-electron chi connectivity index (χ4n) is 4.04. The number of Topliss-reactive ketones (excluding diaryl/α,β-unsaturated/α-hetero) is 1. The van der Waals surface area contributed by atoms with Crippen LogP contribution in [0.1, 0.15) is 31.4 Å². The van der Waals surface area contributed by atoms with Crippen LogP contribution >= 0.6 is 11.6 Å². The van der Waals surface area contributed by atoms with E-state index in [0.717, 1.165) is 58.2 Å². The number of anilines is 1. The van der Waals surface area contributed by atoms with Gasteiger partial charge in [-0.2, -0.15) is 0 Å². The van der Waals surface area contributed by atoms with Gasteiger partial charge in [-0.1, -0.05) is 11.6 Å². The molecular formula is C22H27ClFN5O2. The van der Waals surface area contributed by atoms with Gasteiger partial charge in [-0.25, -0.2) is 14.4 Å². The van der Waals surface area contributed by atoms with Gasteiger partial charge >= 0.3 is 0 Å². The summed E-state index contributed by atoms with van der Waals surface area (Å²) >= 11 is 6.25. The van der Waals surface area contributed by atoms with Gasteiger partial charge < -0.3 is 15.4 Å². The number of aromatic nitrogens is 3. The van der Waals surface area contributed by atoms with Crippen molar-refractivity contribution in [2.75, 3.05) is 38.2 Å². The first-order valence-electron chi connectivity index (χ1n) is 10.8. The van der Waals surface area contributed by atoms with Crippen LogP contribution in [0.5, 0.6) is 0 Å². The Hall–Kier alpha value is -2.16. The van der Waals surface area contributed by atoms with Crippen LogP contribution in [-0.2, 0) is 16.0 Å². The molecule has 2 aromatic rings. The lowest BCUT2D eigenvalue weighted by Crippen LogP contribution is -2.35. The predicted octanol–water partition coefficient (Wildman–Crippen LogP) is 3.28. The average molecular weight is 448 g/mol. The third kappa shape index (κ3) is 5.75. The number of piperidine rings is 1. The minimum atomic E-state index is -0.548. The Kier molecular flexibility index (Phi) is 7.42. The number of ether oxygens (including phenoxy) is 1. The highest BCUT2D eigenvalue weighted by atomic mass is 35.5. The largest absolute Gasteiger partial charge is 0.381 e. The number of carbonyl (C=O) groups excluding carboxylic acids is 1. The number of carbonyl (C=O) groups is 1. The van der Waals surface area contributed by atoms with E-state index >= 15 is 0 Å². The highest BCUT2D eigenvalue weighted by molar-refractivity contribution is 6.31. The Labute approximate surface area is 186 Å². The normalized spacial score (nSPS) is 19.9. The van der Waals surface area contributed by atoms with Crippen molar-refractivity contribution in [1.29, 1.82) is 0 Å². The van der Waals surface area contributed by atoms with Crippen LogP contribution in [0.2, 0.25) is 5.15 Å². The van der Waals surface area contributed by atoms with Gasteiger partial charge in [0.25, 0.3) is 0 Å². The number of hydrogen-bond donors (Lipinski definition) is 2. The van der Waals surface area contributed by atoms with Crippen LogP contribution in [-0.4, -0.2) is 53.6 Å². The third-order valence-corrected chi connectivity index (χ3v) is 6.19. The van der Waals surface area contributed by atoms with E-state index in [-0.39, 0.29) is 34.5 Å². The molecule has 2 fully saturated rings. The topological polar surface area (TPSA) is 89.0 Å². The van der Waals surface area contributed by atoms with Gasteiger partial charge in [0.05, 0.1) is 12.4 Å². The van der Waals surface area contributed by atoms with E-state index in [0.29, 0.717) is 24.0 Å². The van der Waals surface area contributed by atoms with Crippen LogP contribution in [0.15, 0.2) is 18.5 Å². The molecule has 2 saturated heterocycles. The quantitative estimate of drug-likeness (QED) is 0.673. The molecule has 4 rings (SSSR count). The van der Waals surface area contributed by atoms with Crippen molar-refractivity contribution in [2.45, 2.75) is 32.1 Å². The standard InChI is InChI=1S/C22H27ClFN5O2/c23-22-21(29-20(13-28-22)27-10-14-3-6-31-7-4-14)17-8-16(26-12-18(17)24)9-19(30)15-2-1-5-25-11-15/h8,12-15,25H,1-7,9-11H2,(H,27,29)/t15-/m1/s1. The first-order chi connectivity index (χ1) is 15.1. The maximum atomic E-state index is 14.6. The fraction of sp³-hybridized carbons (Fsp3) is 0.545. The van der Waals surface area contributed by atoms with Crippen LogP contribution in [0, 0.1) is 17.7 Å². The van der Waals surface area contributed by atoms with E-state index in [1.54, 1.807) is 12.3 Å². The first kappa shape index (κ1) is 22.0. The number of halogens is 2. The number of nitrogens with zero attached hydrogens (tertiary/aromatic N) is 3. The summed E-state index contributed by atoms with van der Waals surface area (Å²) in [7, 11) is 0. The van der Waals surface area contributed by atoms with Crippen LogP contribution in [0.4, 0.5) is 10.2 Å². The summed E-state index contributed by atoms with van der Waals surface area (Å²) < 4.78 is 20.0. The molecule has 1 atom stereocenters. The van der Waals surface area contributed by atoms with Gasteiger partial charge in [-0.15, -0.1) is 0 Å². The highest BCUT2D eigenvalue weighted by Gasteiger charge is 2.22. The second-order valence-electron chi connectivity index (χ2n) is 8.17. The Bertz CT molecular complexity index is 917. The highest BCUT2D eigenvalue weighted by Crippen LogP contribution is 2.29. The van der Waals surface area contributed by atoms with Gasteiger partial charge in [-0.05, 0) is 44.2 Å². The molecule has 0 unspecified atom stereocenters. The molecular weight excluding hydrogens is 421 g/mol. The molecule has 2 aliphatic heterocycles. The van der Waals surface area contributed by atoms with Crippen molar-refractivity contribution in [1.82, 2.24) is 20.3 Å². The molecule has 0 spiro atoms. The van der Waals surface area contributed by atoms with E-state index in [1.165, 1.54) is 0 Å². The van der Waals surface area contributed by atoms with Gasteiger partial charge in [0.15, 0.2) is 11.0 Å². The molecule has 9 heteroatoms. The zero-order valence-corrected chi connectivity index (χ0v) is 18.1. The van der Waals surface area contributed by atoms with Crippen molar-refractivity contribution < 1.29 is 13.9 Å². The summed E-state index contributed by atoms with van der Waals surface area (Å²) in [5, 5.41) is 6.63. The number of pyridine rings is 1. The van der Waals surface area contributed by atoms with Gasteiger partial charge in [0.1, 0.15) is 17.3 Å². The number of hydrogen-bond acceptors (Lipinski definition) is 7. The van der Waals surface area contributed by atoms with Crippen LogP contribution in [0.3, 0.4) is 0 Å². The summed E-state index contributed by atoms with van der Waals surface area (Å²) in [4.78, 5) is 25.4. The van der Waals surface area contributed by atoms with Gasteiger partial charge in [0.2, 0.25) is 0 Å². The molecule has 0 radical (unpaired) electrons. The van der Waals surface area contributed by atoms with Crippen molar-refractivity contribution in [2.24, 2.45) is 11.8 Å². The number of rotatable bonds is 7. The molecule has 2 aliphatic rings. The number of ketones is 1. The van der Waals surface area contributed by atoms with Crippen molar-refractivity contribution in [3.63, 3.8) is 0 Å². The smallest absolute Gasteiger partial charge is 0.155 e. The Morgan fingerprint density at radius 3 is 2.87 bits per heavy atom. The summed E-state index contributed by atoms with van der Waals surface area (Å²) in [6.45, 7) is 3.91. The third-order valence-electron chi connectivity index (χ3n) is 5.92. The summed E-state index contributed by atoms with van der Waals surface area (Å²) in [6.07, 6.45) is 6.67. The monoisotopic (exact) mass is 447 g/mol.